The van der Waals surface area contributed by atoms with Crippen LogP contribution in [0.25, 0.3) is 0 Å². The van der Waals surface area contributed by atoms with Gasteiger partial charge in [-0.2, -0.15) is 0 Å². The zero-order valence-corrected chi connectivity index (χ0v) is 22.3. The summed E-state index contributed by atoms with van der Waals surface area (Å²) in [5, 5.41) is 17.2. The molecule has 2 aliphatic carbocycles. The van der Waals surface area contributed by atoms with E-state index in [2.05, 4.69) is 10.6 Å². The van der Waals surface area contributed by atoms with Gasteiger partial charge in [-0.25, -0.2) is 0 Å². The Morgan fingerprint density at radius 3 is 1.63 bits per heavy atom. The van der Waals surface area contributed by atoms with Gasteiger partial charge in [0.15, 0.2) is 0 Å². The molecule has 4 rings (SSSR count). The molecule has 2 atom stereocenters. The predicted octanol–water partition coefficient (Wildman–Crippen LogP) is 1.50. The van der Waals surface area contributed by atoms with Crippen LogP contribution in [0.3, 0.4) is 0 Å². The van der Waals surface area contributed by atoms with Crippen molar-refractivity contribution in [3.63, 3.8) is 0 Å². The minimum Gasteiger partial charge on any atom is -0.550 e. The van der Waals surface area contributed by atoms with Crippen LogP contribution in [-0.4, -0.2) is 17.8 Å². The number of carboxylic acid groups (broad SMARTS) is 1. The number of anilines is 2. The normalized spacial score (nSPS) is 20.2. The maximum atomic E-state index is 12.6. The van der Waals surface area contributed by atoms with Crippen molar-refractivity contribution < 1.29 is 53.8 Å². The zero-order chi connectivity index (χ0) is 23.9. The fraction of sp³-hybridized carbons (Fsp3) is 0.444. The number of nitrogens with one attached hydrogen (secondary N) is 2. The largest absolute Gasteiger partial charge is 1.00 e. The second-order valence-corrected chi connectivity index (χ2v) is 9.28. The molecule has 2 aromatic rings. The quantitative estimate of drug-likeness (QED) is 0.577. The first-order valence-corrected chi connectivity index (χ1v) is 12.2. The summed E-state index contributed by atoms with van der Waals surface area (Å²) < 4.78 is 5.87. The predicted molar refractivity (Wildman–Crippen MR) is 127 cm³/mol. The summed E-state index contributed by atoms with van der Waals surface area (Å²) >= 11 is 0. The number of carbonyl (C=O) groups is 3. The summed E-state index contributed by atoms with van der Waals surface area (Å²) in [6.07, 6.45) is 8.07. The van der Waals surface area contributed by atoms with E-state index in [1.807, 2.05) is 12.1 Å². The van der Waals surface area contributed by atoms with E-state index >= 15 is 0 Å². The SMILES string of the molecule is O=C(Nc1ccc(Oc2ccc(NC(=O)C3CCCCC3C(=O)[O-])cc2)cc1)C1CCCCC1.[Na+]. The smallest absolute Gasteiger partial charge is 0.550 e. The molecule has 0 bridgehead atoms. The van der Waals surface area contributed by atoms with Crippen molar-refractivity contribution in [2.24, 2.45) is 17.8 Å². The third-order valence-electron chi connectivity index (χ3n) is 6.86. The van der Waals surface area contributed by atoms with Gasteiger partial charge in [0.05, 0.1) is 0 Å². The molecule has 0 heterocycles. The molecule has 0 radical (unpaired) electrons. The molecule has 2 saturated carbocycles. The van der Waals surface area contributed by atoms with Gasteiger partial charge < -0.3 is 25.3 Å². The first-order chi connectivity index (χ1) is 16.5. The van der Waals surface area contributed by atoms with E-state index < -0.39 is 17.8 Å². The van der Waals surface area contributed by atoms with Crippen molar-refractivity contribution in [1.29, 1.82) is 0 Å². The average molecular weight is 487 g/mol. The summed E-state index contributed by atoms with van der Waals surface area (Å²) in [4.78, 5) is 36.4. The topological polar surface area (TPSA) is 108 Å². The average Bonchev–Trinajstić information content (AvgIpc) is 2.87. The summed E-state index contributed by atoms with van der Waals surface area (Å²) in [5.41, 5.74) is 1.33. The maximum absolute atomic E-state index is 12.6. The minimum absolute atomic E-state index is 0. The van der Waals surface area contributed by atoms with Crippen LogP contribution in [0.2, 0.25) is 0 Å². The van der Waals surface area contributed by atoms with Gasteiger partial charge in [-0.05, 0) is 74.2 Å². The molecule has 2 fully saturated rings. The zero-order valence-electron chi connectivity index (χ0n) is 20.3. The molecular weight excluding hydrogens is 455 g/mol. The molecule has 180 valence electrons. The molecule has 2 N–H and O–H groups in total. The fourth-order valence-electron chi connectivity index (χ4n) is 4.92. The Hall–Kier alpha value is -2.35. The summed E-state index contributed by atoms with van der Waals surface area (Å²) in [6, 6.07) is 14.2. The van der Waals surface area contributed by atoms with Crippen molar-refractivity contribution in [1.82, 2.24) is 0 Å². The third kappa shape index (κ3) is 7.56. The molecule has 35 heavy (non-hydrogen) atoms. The second-order valence-electron chi connectivity index (χ2n) is 9.28. The first-order valence-electron chi connectivity index (χ1n) is 12.2. The van der Waals surface area contributed by atoms with Crippen LogP contribution in [0.4, 0.5) is 11.4 Å². The van der Waals surface area contributed by atoms with Gasteiger partial charge in [0.25, 0.3) is 0 Å². The number of carbonyl (C=O) groups excluding carboxylic acids is 3. The Morgan fingerprint density at radius 1 is 0.657 bits per heavy atom. The molecule has 0 saturated heterocycles. The molecule has 2 amide bonds. The van der Waals surface area contributed by atoms with Crippen LogP contribution in [-0.2, 0) is 14.4 Å². The van der Waals surface area contributed by atoms with E-state index in [0.29, 0.717) is 30.0 Å². The number of carboxylic acids is 1. The van der Waals surface area contributed by atoms with Crippen LogP contribution in [0.5, 0.6) is 11.5 Å². The summed E-state index contributed by atoms with van der Waals surface area (Å²) in [6.45, 7) is 0. The van der Waals surface area contributed by atoms with Gasteiger partial charge in [-0.1, -0.05) is 32.1 Å². The molecule has 8 heteroatoms. The van der Waals surface area contributed by atoms with E-state index in [1.165, 1.54) is 6.42 Å². The van der Waals surface area contributed by atoms with Gasteiger partial charge in [0.1, 0.15) is 11.5 Å². The third-order valence-corrected chi connectivity index (χ3v) is 6.86. The molecule has 0 aliphatic heterocycles. The number of hydrogen-bond acceptors (Lipinski definition) is 5. The number of rotatable bonds is 7. The maximum Gasteiger partial charge on any atom is 1.00 e. The van der Waals surface area contributed by atoms with Crippen molar-refractivity contribution in [3.05, 3.63) is 48.5 Å². The van der Waals surface area contributed by atoms with Gasteiger partial charge in [-0.3, -0.25) is 9.59 Å². The summed E-state index contributed by atoms with van der Waals surface area (Å²) in [7, 11) is 0. The Bertz CT molecular complexity index is 1000. The second kappa shape index (κ2) is 13.1. The van der Waals surface area contributed by atoms with Gasteiger partial charge in [-0.15, -0.1) is 0 Å². The minimum atomic E-state index is -1.15. The van der Waals surface area contributed by atoms with Gasteiger partial charge in [0.2, 0.25) is 11.8 Å². The van der Waals surface area contributed by atoms with E-state index in [9.17, 15) is 19.5 Å². The Balaban J connectivity index is 0.00000342. The van der Waals surface area contributed by atoms with Crippen molar-refractivity contribution >= 4 is 29.2 Å². The molecule has 0 aromatic heterocycles. The van der Waals surface area contributed by atoms with E-state index in [1.54, 1.807) is 36.4 Å². The standard InChI is InChI=1S/C27H32N2O5.Na/c30-25(18-6-2-1-3-7-18)28-19-10-14-21(15-11-19)34-22-16-12-20(13-17-22)29-26(31)23-8-4-5-9-24(23)27(32)33;/h10-18,23-24H,1-9H2,(H,28,30)(H,29,31)(H,32,33);/q;+1/p-1. The van der Waals surface area contributed by atoms with Gasteiger partial charge in [0, 0.05) is 35.1 Å². The number of aliphatic carboxylic acids is 1. The van der Waals surface area contributed by atoms with E-state index in [0.717, 1.165) is 44.2 Å². The molecule has 0 spiro atoms. The van der Waals surface area contributed by atoms with Crippen LogP contribution < -0.4 is 50.0 Å². The summed E-state index contributed by atoms with van der Waals surface area (Å²) in [5.74, 6) is -1.30. The Labute approximate surface area is 228 Å². The number of amides is 2. The number of ether oxygens (including phenoxy) is 1. The van der Waals surface area contributed by atoms with Crippen molar-refractivity contribution in [2.45, 2.75) is 57.8 Å². The van der Waals surface area contributed by atoms with E-state index in [4.69, 9.17) is 4.74 Å². The first kappa shape index (κ1) is 27.2. The van der Waals surface area contributed by atoms with Crippen LogP contribution >= 0.6 is 0 Å². The van der Waals surface area contributed by atoms with Gasteiger partial charge >= 0.3 is 29.6 Å². The van der Waals surface area contributed by atoms with Crippen molar-refractivity contribution in [2.75, 3.05) is 10.6 Å². The molecule has 2 aliphatic rings. The Morgan fingerprint density at radius 2 is 1.11 bits per heavy atom. The fourth-order valence-corrected chi connectivity index (χ4v) is 4.92. The monoisotopic (exact) mass is 486 g/mol. The number of hydrogen-bond donors (Lipinski definition) is 2. The van der Waals surface area contributed by atoms with Crippen LogP contribution in [0, 0.1) is 17.8 Å². The molecule has 2 aromatic carbocycles. The Kier molecular flexibility index (Phi) is 10.2. The van der Waals surface area contributed by atoms with Crippen LogP contribution in [0.15, 0.2) is 48.5 Å². The molecular formula is C27H31N2NaO5. The molecule has 2 unspecified atom stereocenters. The van der Waals surface area contributed by atoms with Crippen LogP contribution in [0.1, 0.15) is 57.8 Å². The van der Waals surface area contributed by atoms with E-state index in [-0.39, 0.29) is 47.3 Å². The number of benzene rings is 2. The van der Waals surface area contributed by atoms with Crippen molar-refractivity contribution in [3.8, 4) is 11.5 Å². The molecule has 7 nitrogen and oxygen atoms in total.